The topological polar surface area (TPSA) is 76.1 Å². The molecule has 0 saturated carbocycles. The number of aromatic nitrogens is 4. The smallest absolute Gasteiger partial charge is 0.225 e. The van der Waals surface area contributed by atoms with Crippen LogP contribution in [-0.2, 0) is 4.74 Å². The summed E-state index contributed by atoms with van der Waals surface area (Å²) in [5, 5.41) is 3.07. The third kappa shape index (κ3) is 3.75. The van der Waals surface area contributed by atoms with Crippen molar-refractivity contribution < 1.29 is 9.13 Å². The highest BCUT2D eigenvalue weighted by atomic mass is 19.1. The van der Waals surface area contributed by atoms with Crippen molar-refractivity contribution in [3.05, 3.63) is 66.5 Å². The first-order valence-electron chi connectivity index (χ1n) is 8.27. The quantitative estimate of drug-likeness (QED) is 0.774. The number of halogens is 1. The molecule has 8 heteroatoms. The summed E-state index contributed by atoms with van der Waals surface area (Å²) < 4.78 is 18.9. The summed E-state index contributed by atoms with van der Waals surface area (Å²) in [6, 6.07) is 10.4. The number of nitrogens with one attached hydrogen (secondary N) is 1. The molecule has 4 heterocycles. The van der Waals surface area contributed by atoms with Crippen LogP contribution in [0.4, 0.5) is 22.0 Å². The highest BCUT2D eigenvalue weighted by Crippen LogP contribution is 2.24. The molecule has 1 aliphatic rings. The fraction of sp³-hybridized carbons (Fsp3) is 0.222. The van der Waals surface area contributed by atoms with Crippen molar-refractivity contribution >= 4 is 17.6 Å². The molecule has 0 aliphatic carbocycles. The lowest BCUT2D eigenvalue weighted by Gasteiger charge is -2.32. The van der Waals surface area contributed by atoms with E-state index in [-0.39, 0.29) is 11.9 Å². The van der Waals surface area contributed by atoms with E-state index < -0.39 is 0 Å². The van der Waals surface area contributed by atoms with E-state index in [0.717, 1.165) is 18.4 Å². The molecule has 1 saturated heterocycles. The molecule has 0 radical (unpaired) electrons. The van der Waals surface area contributed by atoms with Gasteiger partial charge < -0.3 is 15.0 Å². The number of pyridine rings is 2. The van der Waals surface area contributed by atoms with Gasteiger partial charge in [-0.25, -0.2) is 24.3 Å². The Bertz CT molecular complexity index is 861. The van der Waals surface area contributed by atoms with E-state index in [1.807, 2.05) is 18.2 Å². The Labute approximate surface area is 149 Å². The number of morpholine rings is 1. The summed E-state index contributed by atoms with van der Waals surface area (Å²) in [6.07, 6.45) is 4.43. The van der Waals surface area contributed by atoms with Gasteiger partial charge in [0, 0.05) is 18.9 Å². The molecule has 1 atom stereocenters. The minimum atomic E-state index is -0.379. The second kappa shape index (κ2) is 7.40. The first kappa shape index (κ1) is 16.3. The van der Waals surface area contributed by atoms with E-state index in [2.05, 4.69) is 30.2 Å². The maximum absolute atomic E-state index is 13.0. The molecule has 3 aromatic rings. The van der Waals surface area contributed by atoms with Crippen molar-refractivity contribution in [2.24, 2.45) is 0 Å². The lowest BCUT2D eigenvalue weighted by molar-refractivity contribution is 0.0365. The van der Waals surface area contributed by atoms with Crippen LogP contribution in [0.15, 0.2) is 55.0 Å². The summed E-state index contributed by atoms with van der Waals surface area (Å²) in [5.74, 6) is 1.46. The number of ether oxygens (including phenoxy) is 1. The maximum Gasteiger partial charge on any atom is 0.225 e. The van der Waals surface area contributed by atoms with E-state index in [0.29, 0.717) is 30.7 Å². The second-order valence-corrected chi connectivity index (χ2v) is 5.79. The van der Waals surface area contributed by atoms with E-state index >= 15 is 0 Å². The van der Waals surface area contributed by atoms with Crippen molar-refractivity contribution in [1.29, 1.82) is 0 Å². The van der Waals surface area contributed by atoms with Crippen molar-refractivity contribution in [3.8, 4) is 0 Å². The van der Waals surface area contributed by atoms with Crippen LogP contribution in [-0.4, -0.2) is 39.6 Å². The Morgan fingerprint density at radius 1 is 1.04 bits per heavy atom. The Morgan fingerprint density at radius 2 is 1.92 bits per heavy atom. The summed E-state index contributed by atoms with van der Waals surface area (Å²) in [4.78, 5) is 19.3. The van der Waals surface area contributed by atoms with E-state index in [1.165, 1.54) is 6.07 Å². The molecule has 0 bridgehead atoms. The van der Waals surface area contributed by atoms with Crippen molar-refractivity contribution in [3.63, 3.8) is 0 Å². The Balaban J connectivity index is 1.49. The van der Waals surface area contributed by atoms with Crippen LogP contribution in [0.25, 0.3) is 0 Å². The molecule has 0 spiro atoms. The number of hydrogen-bond acceptors (Lipinski definition) is 7. The molecule has 132 valence electrons. The van der Waals surface area contributed by atoms with E-state index in [9.17, 15) is 4.39 Å². The minimum Gasteiger partial charge on any atom is -0.368 e. The van der Waals surface area contributed by atoms with Gasteiger partial charge in [0.15, 0.2) is 0 Å². The molecule has 1 N–H and O–H groups in total. The van der Waals surface area contributed by atoms with Crippen LogP contribution >= 0.6 is 0 Å². The highest BCUT2D eigenvalue weighted by Gasteiger charge is 2.24. The minimum absolute atomic E-state index is 0.185. The van der Waals surface area contributed by atoms with E-state index in [1.54, 1.807) is 24.5 Å². The Morgan fingerprint density at radius 3 is 2.73 bits per heavy atom. The number of rotatable bonds is 4. The molecule has 1 aliphatic heterocycles. The third-order valence-corrected chi connectivity index (χ3v) is 3.99. The molecule has 1 fully saturated rings. The maximum atomic E-state index is 13.0. The highest BCUT2D eigenvalue weighted by molar-refractivity contribution is 5.51. The standard InChI is InChI=1S/C18H17FN6O/c19-13-5-6-16(22-11-13)24-17-4-1-3-14(23-17)15-12-25(9-10-26-15)18-20-7-2-8-21-18/h1-8,11,15H,9-10,12H2,(H,22,23,24). The van der Waals surface area contributed by atoms with Gasteiger partial charge in [0.05, 0.1) is 25.0 Å². The largest absolute Gasteiger partial charge is 0.368 e. The summed E-state index contributed by atoms with van der Waals surface area (Å²) in [5.41, 5.74) is 0.803. The molecule has 3 aromatic heterocycles. The summed E-state index contributed by atoms with van der Waals surface area (Å²) >= 11 is 0. The van der Waals surface area contributed by atoms with Gasteiger partial charge in [0.2, 0.25) is 5.95 Å². The average Bonchev–Trinajstić information content (AvgIpc) is 2.71. The first-order valence-corrected chi connectivity index (χ1v) is 8.27. The zero-order valence-electron chi connectivity index (χ0n) is 13.9. The van der Waals surface area contributed by atoms with Crippen molar-refractivity contribution in [2.45, 2.75) is 6.10 Å². The molecule has 26 heavy (non-hydrogen) atoms. The van der Waals surface area contributed by atoms with Gasteiger partial charge in [-0.2, -0.15) is 0 Å². The Kier molecular flexibility index (Phi) is 4.65. The molecule has 4 rings (SSSR count). The predicted octanol–water partition coefficient (Wildman–Crippen LogP) is 2.73. The van der Waals surface area contributed by atoms with Crippen LogP contribution in [0, 0.1) is 5.82 Å². The second-order valence-electron chi connectivity index (χ2n) is 5.79. The van der Waals surface area contributed by atoms with Gasteiger partial charge in [0.1, 0.15) is 23.6 Å². The molecule has 1 unspecified atom stereocenters. The number of hydrogen-bond donors (Lipinski definition) is 1. The van der Waals surface area contributed by atoms with Crippen molar-refractivity contribution in [1.82, 2.24) is 19.9 Å². The molecule has 0 amide bonds. The average molecular weight is 352 g/mol. The zero-order chi connectivity index (χ0) is 17.8. The van der Waals surface area contributed by atoms with Crippen LogP contribution in [0.2, 0.25) is 0 Å². The van der Waals surface area contributed by atoms with Gasteiger partial charge in [-0.3, -0.25) is 0 Å². The lowest BCUT2D eigenvalue weighted by atomic mass is 10.2. The zero-order valence-corrected chi connectivity index (χ0v) is 13.9. The molecular weight excluding hydrogens is 335 g/mol. The van der Waals surface area contributed by atoms with Crippen molar-refractivity contribution in [2.75, 3.05) is 29.9 Å². The van der Waals surface area contributed by atoms with Gasteiger partial charge in [0.25, 0.3) is 0 Å². The van der Waals surface area contributed by atoms with Gasteiger partial charge >= 0.3 is 0 Å². The fourth-order valence-electron chi connectivity index (χ4n) is 2.75. The monoisotopic (exact) mass is 352 g/mol. The molecular formula is C18H17FN6O. The molecule has 0 aromatic carbocycles. The SMILES string of the molecule is Fc1ccc(Nc2cccc(C3CN(c4ncccn4)CCO3)n2)nc1. The lowest BCUT2D eigenvalue weighted by Crippen LogP contribution is -2.39. The fourth-order valence-corrected chi connectivity index (χ4v) is 2.75. The van der Waals surface area contributed by atoms with Gasteiger partial charge in [-0.1, -0.05) is 6.07 Å². The summed E-state index contributed by atoms with van der Waals surface area (Å²) in [6.45, 7) is 1.93. The number of nitrogens with zero attached hydrogens (tertiary/aromatic N) is 5. The normalized spacial score (nSPS) is 17.1. The van der Waals surface area contributed by atoms with Crippen LogP contribution in [0.5, 0.6) is 0 Å². The predicted molar refractivity (Wildman–Crippen MR) is 94.7 cm³/mol. The molecule has 7 nitrogen and oxygen atoms in total. The number of anilines is 3. The van der Waals surface area contributed by atoms with E-state index in [4.69, 9.17) is 4.74 Å². The van der Waals surface area contributed by atoms with Gasteiger partial charge in [-0.15, -0.1) is 0 Å². The van der Waals surface area contributed by atoms with Crippen LogP contribution in [0.3, 0.4) is 0 Å². The third-order valence-electron chi connectivity index (χ3n) is 3.99. The van der Waals surface area contributed by atoms with Crippen LogP contribution in [0.1, 0.15) is 11.8 Å². The first-order chi connectivity index (χ1) is 12.8. The Hall–Kier alpha value is -3.13. The van der Waals surface area contributed by atoms with Crippen LogP contribution < -0.4 is 10.2 Å². The summed E-state index contributed by atoms with van der Waals surface area (Å²) in [7, 11) is 0. The van der Waals surface area contributed by atoms with Gasteiger partial charge in [-0.05, 0) is 30.3 Å².